The smallest absolute Gasteiger partial charge is 0.328 e. The minimum Gasteiger partial charge on any atom is -0.467 e. The van der Waals surface area contributed by atoms with E-state index in [-0.39, 0.29) is 25.4 Å². The molecule has 0 bridgehead atoms. The minimum absolute atomic E-state index is 0.0181. The maximum Gasteiger partial charge on any atom is 0.328 e. The standard InChI is InChI=1S/C14H18FNO4/c1-20-14(19)12(16-13(18)7-4-8-17)9-10-5-2-3-6-11(10)15/h2-3,5-6,12,17H,4,7-9H2,1H3,(H,16,18)/t12-/m1/s1. The lowest BCUT2D eigenvalue weighted by Crippen LogP contribution is -2.43. The fourth-order valence-electron chi connectivity index (χ4n) is 1.73. The number of nitrogens with one attached hydrogen (secondary N) is 1. The molecule has 0 aliphatic rings. The van der Waals surface area contributed by atoms with Crippen molar-refractivity contribution >= 4 is 11.9 Å². The highest BCUT2D eigenvalue weighted by molar-refractivity contribution is 5.84. The van der Waals surface area contributed by atoms with Crippen LogP contribution in [0.25, 0.3) is 0 Å². The highest BCUT2D eigenvalue weighted by Crippen LogP contribution is 2.10. The average Bonchev–Trinajstić information content (AvgIpc) is 2.45. The van der Waals surface area contributed by atoms with Crippen LogP contribution in [0.5, 0.6) is 0 Å². The van der Waals surface area contributed by atoms with Crippen LogP contribution in [0.2, 0.25) is 0 Å². The fourth-order valence-corrected chi connectivity index (χ4v) is 1.73. The molecule has 1 amide bonds. The van der Waals surface area contributed by atoms with Gasteiger partial charge in [0.2, 0.25) is 5.91 Å². The summed E-state index contributed by atoms with van der Waals surface area (Å²) >= 11 is 0. The highest BCUT2D eigenvalue weighted by Gasteiger charge is 2.22. The van der Waals surface area contributed by atoms with Gasteiger partial charge in [0, 0.05) is 19.4 Å². The van der Waals surface area contributed by atoms with Crippen molar-refractivity contribution < 1.29 is 23.8 Å². The third-order valence-electron chi connectivity index (χ3n) is 2.76. The molecule has 5 nitrogen and oxygen atoms in total. The van der Waals surface area contributed by atoms with Gasteiger partial charge in [0.05, 0.1) is 7.11 Å². The molecular weight excluding hydrogens is 265 g/mol. The predicted molar refractivity (Wildman–Crippen MR) is 70.4 cm³/mol. The van der Waals surface area contributed by atoms with E-state index < -0.39 is 17.8 Å². The second-order valence-corrected chi connectivity index (χ2v) is 4.27. The van der Waals surface area contributed by atoms with E-state index in [1.165, 1.54) is 13.2 Å². The lowest BCUT2D eigenvalue weighted by molar-refractivity contribution is -0.145. The Hall–Kier alpha value is -1.95. The number of rotatable bonds is 7. The number of benzene rings is 1. The van der Waals surface area contributed by atoms with Gasteiger partial charge in [-0.25, -0.2) is 9.18 Å². The number of carbonyl (C=O) groups excluding carboxylic acids is 2. The monoisotopic (exact) mass is 283 g/mol. The lowest BCUT2D eigenvalue weighted by atomic mass is 10.1. The zero-order valence-electron chi connectivity index (χ0n) is 11.3. The number of carbonyl (C=O) groups is 2. The van der Waals surface area contributed by atoms with Gasteiger partial charge in [0.1, 0.15) is 11.9 Å². The summed E-state index contributed by atoms with van der Waals surface area (Å²) < 4.78 is 18.2. The minimum atomic E-state index is -0.942. The number of methoxy groups -OCH3 is 1. The van der Waals surface area contributed by atoms with E-state index in [4.69, 9.17) is 5.11 Å². The predicted octanol–water partition coefficient (Wildman–Crippen LogP) is 0.798. The summed E-state index contributed by atoms with van der Waals surface area (Å²) in [6, 6.07) is 5.09. The van der Waals surface area contributed by atoms with Gasteiger partial charge in [-0.2, -0.15) is 0 Å². The molecule has 0 heterocycles. The van der Waals surface area contributed by atoms with Crippen molar-refractivity contribution in [1.82, 2.24) is 5.32 Å². The van der Waals surface area contributed by atoms with E-state index in [0.717, 1.165) is 0 Å². The molecule has 0 radical (unpaired) electrons. The maximum absolute atomic E-state index is 13.6. The molecule has 110 valence electrons. The van der Waals surface area contributed by atoms with Crippen LogP contribution in [0.4, 0.5) is 4.39 Å². The Morgan fingerprint density at radius 3 is 2.70 bits per heavy atom. The van der Waals surface area contributed by atoms with Crippen LogP contribution in [-0.4, -0.2) is 36.7 Å². The summed E-state index contributed by atoms with van der Waals surface area (Å²) in [5, 5.41) is 11.1. The van der Waals surface area contributed by atoms with Crippen molar-refractivity contribution in [3.63, 3.8) is 0 Å². The van der Waals surface area contributed by atoms with Crippen LogP contribution in [0, 0.1) is 5.82 Å². The summed E-state index contributed by atoms with van der Waals surface area (Å²) in [5.74, 6) is -1.46. The molecule has 0 fully saturated rings. The van der Waals surface area contributed by atoms with Crippen molar-refractivity contribution in [3.05, 3.63) is 35.6 Å². The molecule has 0 aromatic heterocycles. The summed E-state index contributed by atoms with van der Waals surface area (Å²) in [7, 11) is 1.20. The third kappa shape index (κ3) is 4.97. The molecule has 2 N–H and O–H groups in total. The molecule has 0 saturated carbocycles. The Morgan fingerprint density at radius 2 is 2.10 bits per heavy atom. The van der Waals surface area contributed by atoms with Crippen LogP contribution < -0.4 is 5.32 Å². The van der Waals surface area contributed by atoms with E-state index in [9.17, 15) is 14.0 Å². The number of hydrogen-bond donors (Lipinski definition) is 2. The van der Waals surface area contributed by atoms with Crippen LogP contribution >= 0.6 is 0 Å². The number of esters is 1. The molecule has 1 aromatic carbocycles. The number of aliphatic hydroxyl groups excluding tert-OH is 1. The highest BCUT2D eigenvalue weighted by atomic mass is 19.1. The van der Waals surface area contributed by atoms with Crippen LogP contribution in [0.15, 0.2) is 24.3 Å². The summed E-state index contributed by atoms with van der Waals surface area (Å²) in [6.45, 7) is -0.108. The normalized spacial score (nSPS) is 11.8. The van der Waals surface area contributed by atoms with Gasteiger partial charge in [-0.15, -0.1) is 0 Å². The molecule has 0 aliphatic carbocycles. The van der Waals surface area contributed by atoms with Gasteiger partial charge in [0.15, 0.2) is 0 Å². The Morgan fingerprint density at radius 1 is 1.40 bits per heavy atom. The molecule has 1 atom stereocenters. The van der Waals surface area contributed by atoms with Crippen LogP contribution in [-0.2, 0) is 20.7 Å². The molecule has 6 heteroatoms. The largest absolute Gasteiger partial charge is 0.467 e. The molecule has 1 rings (SSSR count). The first-order valence-electron chi connectivity index (χ1n) is 6.30. The molecule has 1 aromatic rings. The first-order chi connectivity index (χ1) is 9.58. The van der Waals surface area contributed by atoms with E-state index in [1.807, 2.05) is 0 Å². The number of ether oxygens (including phenoxy) is 1. The Labute approximate surface area is 116 Å². The molecular formula is C14H18FNO4. The molecule has 0 spiro atoms. The zero-order valence-corrected chi connectivity index (χ0v) is 11.3. The summed E-state index contributed by atoms with van der Waals surface area (Å²) in [6.07, 6.45) is 0.422. The molecule has 0 saturated heterocycles. The maximum atomic E-state index is 13.6. The van der Waals surface area contributed by atoms with Gasteiger partial charge in [0.25, 0.3) is 0 Å². The first-order valence-corrected chi connectivity index (χ1v) is 6.30. The number of aliphatic hydroxyl groups is 1. The van der Waals surface area contributed by atoms with Crippen molar-refractivity contribution in [2.24, 2.45) is 0 Å². The third-order valence-corrected chi connectivity index (χ3v) is 2.76. The number of amides is 1. The van der Waals surface area contributed by atoms with Gasteiger partial charge >= 0.3 is 5.97 Å². The van der Waals surface area contributed by atoms with Crippen molar-refractivity contribution in [2.75, 3.05) is 13.7 Å². The SMILES string of the molecule is COC(=O)[C@@H](Cc1ccccc1F)NC(=O)CCCO. The second-order valence-electron chi connectivity index (χ2n) is 4.27. The molecule has 0 aliphatic heterocycles. The fraction of sp³-hybridized carbons (Fsp3) is 0.429. The summed E-state index contributed by atoms with van der Waals surface area (Å²) in [5.41, 5.74) is 0.324. The van der Waals surface area contributed by atoms with Gasteiger partial charge in [-0.1, -0.05) is 18.2 Å². The zero-order chi connectivity index (χ0) is 15.0. The van der Waals surface area contributed by atoms with Crippen molar-refractivity contribution in [2.45, 2.75) is 25.3 Å². The van der Waals surface area contributed by atoms with E-state index in [2.05, 4.69) is 10.1 Å². The second kappa shape index (κ2) is 8.27. The Kier molecular flexibility index (Phi) is 6.66. The summed E-state index contributed by atoms with van der Waals surface area (Å²) in [4.78, 5) is 23.2. The van der Waals surface area contributed by atoms with Gasteiger partial charge < -0.3 is 15.2 Å². The first kappa shape index (κ1) is 16.1. The molecule has 20 heavy (non-hydrogen) atoms. The van der Waals surface area contributed by atoms with Crippen molar-refractivity contribution in [3.8, 4) is 0 Å². The van der Waals surface area contributed by atoms with Crippen LogP contribution in [0.3, 0.4) is 0 Å². The van der Waals surface area contributed by atoms with E-state index in [1.54, 1.807) is 18.2 Å². The lowest BCUT2D eigenvalue weighted by Gasteiger charge is -2.16. The van der Waals surface area contributed by atoms with Crippen LogP contribution in [0.1, 0.15) is 18.4 Å². The van der Waals surface area contributed by atoms with E-state index in [0.29, 0.717) is 12.0 Å². The van der Waals surface area contributed by atoms with E-state index >= 15 is 0 Å². The Balaban J connectivity index is 2.72. The number of hydrogen-bond acceptors (Lipinski definition) is 4. The van der Waals surface area contributed by atoms with Crippen molar-refractivity contribution in [1.29, 1.82) is 0 Å². The number of halogens is 1. The van der Waals surface area contributed by atoms with Gasteiger partial charge in [-0.3, -0.25) is 4.79 Å². The quantitative estimate of drug-likeness (QED) is 0.726. The Bertz CT molecular complexity index is 464. The topological polar surface area (TPSA) is 75.6 Å². The average molecular weight is 283 g/mol. The molecule has 0 unspecified atom stereocenters. The van der Waals surface area contributed by atoms with Gasteiger partial charge in [-0.05, 0) is 18.1 Å².